The Bertz CT molecular complexity index is 568. The van der Waals surface area contributed by atoms with Crippen molar-refractivity contribution in [2.75, 3.05) is 5.75 Å². The van der Waals surface area contributed by atoms with Gasteiger partial charge in [-0.3, -0.25) is 18.7 Å². The lowest BCUT2D eigenvalue weighted by atomic mass is 10.0. The molecule has 1 saturated heterocycles. The van der Waals surface area contributed by atoms with Crippen molar-refractivity contribution in [3.05, 3.63) is 11.3 Å². The monoisotopic (exact) mass is 330 g/mol. The van der Waals surface area contributed by atoms with Crippen LogP contribution in [0.4, 0.5) is 0 Å². The molecule has 2 heterocycles. The van der Waals surface area contributed by atoms with Gasteiger partial charge in [0.2, 0.25) is 14.7 Å². The minimum atomic E-state index is -2.10. The molecule has 2 amide bonds. The van der Waals surface area contributed by atoms with E-state index in [2.05, 4.69) is 5.32 Å². The van der Waals surface area contributed by atoms with Crippen LogP contribution in [0, 0.1) is 0 Å². The predicted molar refractivity (Wildman–Crippen MR) is 78.8 cm³/mol. The van der Waals surface area contributed by atoms with E-state index in [4.69, 9.17) is 4.43 Å². The molecule has 116 valence electrons. The van der Waals surface area contributed by atoms with Crippen molar-refractivity contribution < 1.29 is 23.0 Å². The molecule has 0 aromatic heterocycles. The maximum Gasteiger partial charge on any atom is 0.341 e. The van der Waals surface area contributed by atoms with Gasteiger partial charge in [0, 0.05) is 5.75 Å². The Morgan fingerprint density at radius 1 is 1.48 bits per heavy atom. The Labute approximate surface area is 126 Å². The van der Waals surface area contributed by atoms with Gasteiger partial charge < -0.3 is 9.74 Å². The molecule has 0 spiro atoms. The lowest BCUT2D eigenvalue weighted by molar-refractivity contribution is -0.149. The van der Waals surface area contributed by atoms with Crippen molar-refractivity contribution in [2.45, 2.75) is 38.0 Å². The van der Waals surface area contributed by atoms with Crippen molar-refractivity contribution >= 4 is 37.4 Å². The second-order valence-electron chi connectivity index (χ2n) is 6.02. The largest absolute Gasteiger partial charge is 0.515 e. The molecule has 0 saturated carbocycles. The topological polar surface area (TPSA) is 92.8 Å². The number of hydrogen-bond acceptors (Lipinski definition) is 5. The average molecular weight is 330 g/mol. The highest BCUT2D eigenvalue weighted by Gasteiger charge is 2.56. The molecule has 21 heavy (non-hydrogen) atoms. The SMILES string of the molecule is CC1=C(C(=O)O[Si](C)(C)C)N2C(=O)C(NC=O)[C@H]2S(=O)C1. The van der Waals surface area contributed by atoms with Crippen LogP contribution in [0.3, 0.4) is 0 Å². The summed E-state index contributed by atoms with van der Waals surface area (Å²) in [5, 5.41) is 1.67. The van der Waals surface area contributed by atoms with Crippen molar-refractivity contribution in [3.63, 3.8) is 0 Å². The summed E-state index contributed by atoms with van der Waals surface area (Å²) < 4.78 is 17.6. The number of carbonyl (C=O) groups excluding carboxylic acids is 3. The Morgan fingerprint density at radius 2 is 2.10 bits per heavy atom. The van der Waals surface area contributed by atoms with Gasteiger partial charge in [-0.25, -0.2) is 4.79 Å². The number of nitrogens with one attached hydrogen (secondary N) is 1. The molecular weight excluding hydrogens is 312 g/mol. The summed E-state index contributed by atoms with van der Waals surface area (Å²) in [6.07, 6.45) is 0.405. The van der Waals surface area contributed by atoms with Gasteiger partial charge in [0.1, 0.15) is 17.1 Å². The van der Waals surface area contributed by atoms with Crippen LogP contribution in [-0.4, -0.2) is 52.9 Å². The summed E-state index contributed by atoms with van der Waals surface area (Å²) in [4.78, 5) is 36.1. The molecule has 7 nitrogen and oxygen atoms in total. The van der Waals surface area contributed by atoms with Gasteiger partial charge in [-0.15, -0.1) is 0 Å². The number of fused-ring (bicyclic) bond motifs is 1. The lowest BCUT2D eigenvalue weighted by Crippen LogP contribution is -2.72. The minimum Gasteiger partial charge on any atom is -0.515 e. The molecule has 0 radical (unpaired) electrons. The van der Waals surface area contributed by atoms with Crippen LogP contribution >= 0.6 is 0 Å². The molecule has 0 aliphatic carbocycles. The van der Waals surface area contributed by atoms with Gasteiger partial charge in [0.05, 0.1) is 10.8 Å². The Morgan fingerprint density at radius 3 is 2.62 bits per heavy atom. The number of carbonyl (C=O) groups is 3. The quantitative estimate of drug-likeness (QED) is 0.433. The van der Waals surface area contributed by atoms with Crippen molar-refractivity contribution in [3.8, 4) is 0 Å². The number of nitrogens with zero attached hydrogens (tertiary/aromatic N) is 1. The fourth-order valence-electron chi connectivity index (χ4n) is 2.37. The molecule has 9 heteroatoms. The standard InChI is InChI=1S/C12H18N2O5SSi/c1-7-5-20(18)11-8(13-6-15)10(16)14(11)9(7)12(17)19-21(2,3)4/h6,8,11H,5H2,1-4H3,(H,13,15)/t8?,11-,20?/m1/s1. The maximum absolute atomic E-state index is 12.3. The van der Waals surface area contributed by atoms with Gasteiger partial charge in [-0.2, -0.15) is 0 Å². The second kappa shape index (κ2) is 5.37. The molecule has 1 fully saturated rings. The van der Waals surface area contributed by atoms with Gasteiger partial charge in [0.15, 0.2) is 0 Å². The fraction of sp³-hybridized carbons (Fsp3) is 0.583. The van der Waals surface area contributed by atoms with Gasteiger partial charge in [-0.1, -0.05) is 0 Å². The van der Waals surface area contributed by atoms with E-state index in [1.165, 1.54) is 4.90 Å². The van der Waals surface area contributed by atoms with Crippen molar-refractivity contribution in [2.24, 2.45) is 0 Å². The van der Waals surface area contributed by atoms with E-state index in [-0.39, 0.29) is 11.4 Å². The van der Waals surface area contributed by atoms with Crippen LogP contribution in [0.1, 0.15) is 6.92 Å². The molecule has 0 bridgehead atoms. The molecule has 0 aromatic carbocycles. The summed E-state index contributed by atoms with van der Waals surface area (Å²) in [5.74, 6) is -0.782. The molecule has 1 N–H and O–H groups in total. The van der Waals surface area contributed by atoms with Gasteiger partial charge >= 0.3 is 5.97 Å². The molecule has 2 aliphatic rings. The first kappa shape index (κ1) is 15.9. The smallest absolute Gasteiger partial charge is 0.341 e. The molecular formula is C12H18N2O5SSi. The zero-order valence-electron chi connectivity index (χ0n) is 12.3. The highest BCUT2D eigenvalue weighted by molar-refractivity contribution is 7.86. The van der Waals surface area contributed by atoms with Crippen LogP contribution < -0.4 is 5.32 Å². The van der Waals surface area contributed by atoms with E-state index in [0.29, 0.717) is 12.0 Å². The van der Waals surface area contributed by atoms with Crippen LogP contribution in [0.25, 0.3) is 0 Å². The number of β-lactam (4-membered cyclic amide) rings is 1. The van der Waals surface area contributed by atoms with Crippen LogP contribution in [-0.2, 0) is 29.6 Å². The number of amides is 2. The zero-order valence-corrected chi connectivity index (χ0v) is 14.2. The Balaban J connectivity index is 2.31. The highest BCUT2D eigenvalue weighted by atomic mass is 32.2. The van der Waals surface area contributed by atoms with Gasteiger partial charge in [0.25, 0.3) is 5.91 Å². The summed E-state index contributed by atoms with van der Waals surface area (Å²) in [6.45, 7) is 7.28. The fourth-order valence-corrected chi connectivity index (χ4v) is 4.70. The first-order chi connectivity index (χ1) is 9.67. The second-order valence-corrected chi connectivity index (χ2v) is 12.0. The minimum absolute atomic E-state index is 0.177. The maximum atomic E-state index is 12.3. The van der Waals surface area contributed by atoms with E-state index >= 15 is 0 Å². The van der Waals surface area contributed by atoms with E-state index in [9.17, 15) is 18.6 Å². The average Bonchev–Trinajstić information content (AvgIpc) is 2.33. The molecule has 2 aliphatic heterocycles. The molecule has 2 unspecified atom stereocenters. The first-order valence-electron chi connectivity index (χ1n) is 6.50. The Kier molecular flexibility index (Phi) is 4.07. The summed E-state index contributed by atoms with van der Waals surface area (Å²) >= 11 is 0. The van der Waals surface area contributed by atoms with Crippen molar-refractivity contribution in [1.82, 2.24) is 10.2 Å². The number of rotatable bonds is 4. The normalized spacial score (nSPS) is 28.7. The van der Waals surface area contributed by atoms with E-state index in [1.54, 1.807) is 6.92 Å². The first-order valence-corrected chi connectivity index (χ1v) is 11.3. The molecule has 0 aromatic rings. The lowest BCUT2D eigenvalue weighted by Gasteiger charge is -2.48. The zero-order chi connectivity index (χ0) is 15.9. The van der Waals surface area contributed by atoms with Crippen LogP contribution in [0.2, 0.25) is 19.6 Å². The summed E-state index contributed by atoms with van der Waals surface area (Å²) in [5.41, 5.74) is 0.752. The van der Waals surface area contributed by atoms with E-state index in [0.717, 1.165) is 0 Å². The Hall–Kier alpha value is -1.48. The van der Waals surface area contributed by atoms with E-state index < -0.39 is 42.4 Å². The van der Waals surface area contributed by atoms with Crippen molar-refractivity contribution in [1.29, 1.82) is 0 Å². The van der Waals surface area contributed by atoms with Crippen LogP contribution in [0.15, 0.2) is 11.3 Å². The number of hydrogen-bond donors (Lipinski definition) is 1. The molecule has 2 rings (SSSR count). The van der Waals surface area contributed by atoms with Crippen LogP contribution in [0.5, 0.6) is 0 Å². The molecule has 3 atom stereocenters. The van der Waals surface area contributed by atoms with Gasteiger partial charge in [-0.05, 0) is 32.1 Å². The highest BCUT2D eigenvalue weighted by Crippen LogP contribution is 2.35. The summed E-state index contributed by atoms with van der Waals surface area (Å²) in [7, 11) is -3.44. The summed E-state index contributed by atoms with van der Waals surface area (Å²) in [6, 6.07) is -0.828. The van der Waals surface area contributed by atoms with E-state index in [1.807, 2.05) is 19.6 Å². The third-order valence-electron chi connectivity index (χ3n) is 3.16. The predicted octanol–water partition coefficient (Wildman–Crippen LogP) is -0.316. The third-order valence-corrected chi connectivity index (χ3v) is 5.69. The third kappa shape index (κ3) is 2.79.